The van der Waals surface area contributed by atoms with Crippen molar-refractivity contribution in [2.75, 3.05) is 0 Å². The molecule has 1 aromatic rings. The Balaban J connectivity index is 3.16. The van der Waals surface area contributed by atoms with Crippen LogP contribution in [0.25, 0.3) is 0 Å². The molecule has 106 valence electrons. The fraction of sp³-hybridized carbons (Fsp3) is 0.267. The zero-order chi connectivity index (χ0) is 15.1. The number of carboxylic acids is 2. The molecule has 0 unspecified atom stereocenters. The molecule has 0 radical (unpaired) electrons. The van der Waals surface area contributed by atoms with Gasteiger partial charge in [0.15, 0.2) is 0 Å². The molecule has 0 saturated carbocycles. The number of carbonyl (C=O) groups is 3. The van der Waals surface area contributed by atoms with Gasteiger partial charge in [-0.05, 0) is 24.5 Å². The standard InChI is InChI=1S/C15H16O5/c1-10(16)7-12(8-11-5-3-2-4-6-11)13(15(19)20)9-14(17)18/h2-6H,7-9H2,1H3,(H,17,18)(H,19,20). The van der Waals surface area contributed by atoms with Crippen molar-refractivity contribution in [2.45, 2.75) is 26.2 Å². The lowest BCUT2D eigenvalue weighted by atomic mass is 9.94. The van der Waals surface area contributed by atoms with Crippen molar-refractivity contribution in [1.82, 2.24) is 0 Å². The predicted molar refractivity (Wildman–Crippen MR) is 72.4 cm³/mol. The van der Waals surface area contributed by atoms with E-state index >= 15 is 0 Å². The van der Waals surface area contributed by atoms with E-state index in [-0.39, 0.29) is 24.2 Å². The van der Waals surface area contributed by atoms with E-state index in [2.05, 4.69) is 0 Å². The monoisotopic (exact) mass is 276 g/mol. The van der Waals surface area contributed by atoms with Crippen LogP contribution in [0, 0.1) is 0 Å². The Labute approximate surface area is 116 Å². The molecule has 0 spiro atoms. The molecule has 2 N–H and O–H groups in total. The molecule has 0 bridgehead atoms. The molecular formula is C15H16O5. The SMILES string of the molecule is CC(=O)CC(Cc1ccccc1)=C(CC(=O)O)C(=O)O. The summed E-state index contributed by atoms with van der Waals surface area (Å²) < 4.78 is 0. The van der Waals surface area contributed by atoms with Crippen LogP contribution in [-0.2, 0) is 20.8 Å². The van der Waals surface area contributed by atoms with Gasteiger partial charge in [0, 0.05) is 12.0 Å². The lowest BCUT2D eigenvalue weighted by molar-refractivity contribution is -0.139. The Kier molecular flexibility index (Phi) is 5.65. The van der Waals surface area contributed by atoms with Crippen LogP contribution in [0.1, 0.15) is 25.3 Å². The lowest BCUT2D eigenvalue weighted by Gasteiger charge is -2.10. The predicted octanol–water partition coefficient (Wildman–Crippen LogP) is 2.06. The minimum Gasteiger partial charge on any atom is -0.481 e. The number of ketones is 1. The first-order valence-corrected chi connectivity index (χ1v) is 6.09. The smallest absolute Gasteiger partial charge is 0.332 e. The van der Waals surface area contributed by atoms with E-state index < -0.39 is 18.4 Å². The Morgan fingerprint density at radius 1 is 1.00 bits per heavy atom. The van der Waals surface area contributed by atoms with Crippen molar-refractivity contribution in [3.63, 3.8) is 0 Å². The van der Waals surface area contributed by atoms with E-state index in [4.69, 9.17) is 10.2 Å². The summed E-state index contributed by atoms with van der Waals surface area (Å²) in [5.41, 5.74) is 0.975. The minimum atomic E-state index is -1.29. The van der Waals surface area contributed by atoms with Crippen molar-refractivity contribution in [3.8, 4) is 0 Å². The lowest BCUT2D eigenvalue weighted by Crippen LogP contribution is -2.13. The van der Waals surface area contributed by atoms with Gasteiger partial charge in [-0.25, -0.2) is 4.79 Å². The van der Waals surface area contributed by atoms with E-state index in [1.165, 1.54) is 6.92 Å². The largest absolute Gasteiger partial charge is 0.481 e. The Bertz CT molecular complexity index is 543. The van der Waals surface area contributed by atoms with Gasteiger partial charge in [-0.3, -0.25) is 9.59 Å². The molecule has 0 atom stereocenters. The van der Waals surface area contributed by atoms with E-state index in [0.29, 0.717) is 5.57 Å². The van der Waals surface area contributed by atoms with Gasteiger partial charge in [0.2, 0.25) is 0 Å². The molecule has 0 aromatic heterocycles. The number of carboxylic acid groups (broad SMARTS) is 2. The minimum absolute atomic E-state index is 0.0518. The summed E-state index contributed by atoms with van der Waals surface area (Å²) in [6.07, 6.45) is -0.385. The van der Waals surface area contributed by atoms with Crippen molar-refractivity contribution >= 4 is 17.7 Å². The summed E-state index contributed by atoms with van der Waals surface area (Å²) in [7, 11) is 0. The maximum Gasteiger partial charge on any atom is 0.332 e. The molecule has 5 heteroatoms. The number of hydrogen-bond donors (Lipinski definition) is 2. The van der Waals surface area contributed by atoms with Crippen molar-refractivity contribution in [1.29, 1.82) is 0 Å². The van der Waals surface area contributed by atoms with Gasteiger partial charge in [0.05, 0.1) is 6.42 Å². The molecule has 1 aromatic carbocycles. The number of Topliss-reactive ketones (excluding diaryl/α,β-unsaturated/α-hetero) is 1. The number of rotatable bonds is 7. The van der Waals surface area contributed by atoms with Crippen molar-refractivity contribution in [2.24, 2.45) is 0 Å². The molecule has 0 fully saturated rings. The van der Waals surface area contributed by atoms with Gasteiger partial charge in [0.25, 0.3) is 0 Å². The van der Waals surface area contributed by atoms with Crippen LogP contribution < -0.4 is 0 Å². The average Bonchev–Trinajstić information content (AvgIpc) is 2.35. The molecule has 5 nitrogen and oxygen atoms in total. The van der Waals surface area contributed by atoms with E-state index in [9.17, 15) is 14.4 Å². The van der Waals surface area contributed by atoms with Gasteiger partial charge in [-0.15, -0.1) is 0 Å². The van der Waals surface area contributed by atoms with Gasteiger partial charge in [0.1, 0.15) is 5.78 Å². The Morgan fingerprint density at radius 2 is 1.60 bits per heavy atom. The molecular weight excluding hydrogens is 260 g/mol. The number of allylic oxidation sites excluding steroid dienone is 1. The first-order chi connectivity index (χ1) is 9.40. The van der Waals surface area contributed by atoms with E-state index in [1.807, 2.05) is 6.07 Å². The third kappa shape index (κ3) is 5.06. The molecule has 0 aliphatic carbocycles. The van der Waals surface area contributed by atoms with Gasteiger partial charge in [-0.1, -0.05) is 30.3 Å². The molecule has 1 rings (SSSR count). The van der Waals surface area contributed by atoms with Gasteiger partial charge >= 0.3 is 11.9 Å². The number of carbonyl (C=O) groups excluding carboxylic acids is 1. The van der Waals surface area contributed by atoms with Gasteiger partial charge in [-0.2, -0.15) is 0 Å². The summed E-state index contributed by atoms with van der Waals surface area (Å²) >= 11 is 0. The summed E-state index contributed by atoms with van der Waals surface area (Å²) in [5.74, 6) is -2.71. The van der Waals surface area contributed by atoms with E-state index in [1.54, 1.807) is 24.3 Å². The molecule has 0 heterocycles. The van der Waals surface area contributed by atoms with Crippen LogP contribution in [-0.4, -0.2) is 27.9 Å². The summed E-state index contributed by atoms with van der Waals surface area (Å²) in [6, 6.07) is 9.05. The molecule has 0 amide bonds. The third-order valence-electron chi connectivity index (χ3n) is 2.74. The maximum atomic E-state index is 11.3. The summed E-state index contributed by atoms with van der Waals surface area (Å²) in [6.45, 7) is 1.35. The number of aliphatic carboxylic acids is 2. The van der Waals surface area contributed by atoms with Crippen LogP contribution in [0.15, 0.2) is 41.5 Å². The Morgan fingerprint density at radius 3 is 2.05 bits per heavy atom. The van der Waals surface area contributed by atoms with Crippen molar-refractivity contribution < 1.29 is 24.6 Å². The maximum absolute atomic E-state index is 11.3. The summed E-state index contributed by atoms with van der Waals surface area (Å²) in [4.78, 5) is 33.3. The second kappa shape index (κ2) is 7.23. The Hall–Kier alpha value is -2.43. The first-order valence-electron chi connectivity index (χ1n) is 6.09. The molecule has 0 aliphatic rings. The number of hydrogen-bond acceptors (Lipinski definition) is 3. The highest BCUT2D eigenvalue weighted by Crippen LogP contribution is 2.19. The summed E-state index contributed by atoms with van der Waals surface area (Å²) in [5, 5.41) is 18.0. The van der Waals surface area contributed by atoms with Crippen LogP contribution in [0.2, 0.25) is 0 Å². The topological polar surface area (TPSA) is 91.7 Å². The quantitative estimate of drug-likeness (QED) is 0.744. The van der Waals surface area contributed by atoms with E-state index in [0.717, 1.165) is 5.56 Å². The average molecular weight is 276 g/mol. The van der Waals surface area contributed by atoms with Crippen molar-refractivity contribution in [3.05, 3.63) is 47.0 Å². The highest BCUT2D eigenvalue weighted by atomic mass is 16.4. The highest BCUT2D eigenvalue weighted by molar-refractivity contribution is 5.94. The first kappa shape index (κ1) is 15.6. The molecule has 0 aliphatic heterocycles. The third-order valence-corrected chi connectivity index (χ3v) is 2.74. The number of benzene rings is 1. The fourth-order valence-electron chi connectivity index (χ4n) is 1.92. The zero-order valence-corrected chi connectivity index (χ0v) is 11.1. The second-order valence-electron chi connectivity index (χ2n) is 4.50. The normalized spacial score (nSPS) is 11.7. The van der Waals surface area contributed by atoms with Gasteiger partial charge < -0.3 is 10.2 Å². The second-order valence-corrected chi connectivity index (χ2v) is 4.50. The molecule has 0 saturated heterocycles. The highest BCUT2D eigenvalue weighted by Gasteiger charge is 2.19. The van der Waals surface area contributed by atoms with Crippen LogP contribution in [0.4, 0.5) is 0 Å². The van der Waals surface area contributed by atoms with Crippen LogP contribution in [0.5, 0.6) is 0 Å². The fourth-order valence-corrected chi connectivity index (χ4v) is 1.92. The van der Waals surface area contributed by atoms with Crippen LogP contribution >= 0.6 is 0 Å². The zero-order valence-electron chi connectivity index (χ0n) is 11.1. The molecule has 20 heavy (non-hydrogen) atoms. The van der Waals surface area contributed by atoms with Crippen LogP contribution in [0.3, 0.4) is 0 Å².